The molecule has 0 unspecified atom stereocenters. The highest BCUT2D eigenvalue weighted by molar-refractivity contribution is 5.94. The van der Waals surface area contributed by atoms with Crippen LogP contribution in [0.5, 0.6) is 11.5 Å². The molecular weight excluding hydrogens is 346 g/mol. The van der Waals surface area contributed by atoms with E-state index in [2.05, 4.69) is 10.3 Å². The highest BCUT2D eigenvalue weighted by atomic mass is 16.5. The molecule has 7 nitrogen and oxygen atoms in total. The van der Waals surface area contributed by atoms with Crippen LogP contribution < -0.4 is 9.47 Å². The number of aryl methyl sites for hydroxylation is 1. The number of esters is 1. The molecule has 0 fully saturated rings. The number of rotatable bonds is 5. The summed E-state index contributed by atoms with van der Waals surface area (Å²) in [5.41, 5.74) is 4.79. The summed E-state index contributed by atoms with van der Waals surface area (Å²) in [6.07, 6.45) is 1.64. The summed E-state index contributed by atoms with van der Waals surface area (Å²) in [5.74, 6) is 0.745. The van der Waals surface area contributed by atoms with Gasteiger partial charge in [0.05, 0.1) is 38.9 Å². The Morgan fingerprint density at radius 3 is 2.41 bits per heavy atom. The van der Waals surface area contributed by atoms with Crippen LogP contribution in [-0.4, -0.2) is 42.3 Å². The fraction of sp³-hybridized carbons (Fsp3) is 0.250. The first kappa shape index (κ1) is 18.4. The van der Waals surface area contributed by atoms with Gasteiger partial charge in [0.2, 0.25) is 0 Å². The van der Waals surface area contributed by atoms with Crippen molar-refractivity contribution in [3.8, 4) is 28.4 Å². The van der Waals surface area contributed by atoms with Gasteiger partial charge < -0.3 is 14.2 Å². The largest absolute Gasteiger partial charge is 0.496 e. The Bertz CT molecular complexity index is 995. The molecule has 0 N–H and O–H groups in total. The number of benzene rings is 2. The van der Waals surface area contributed by atoms with Crippen molar-refractivity contribution in [1.82, 2.24) is 15.0 Å². The molecule has 0 aliphatic heterocycles. The van der Waals surface area contributed by atoms with Crippen molar-refractivity contribution < 1.29 is 19.0 Å². The minimum absolute atomic E-state index is 0.336. The molecule has 140 valence electrons. The molecule has 7 heteroatoms. The van der Waals surface area contributed by atoms with Gasteiger partial charge in [-0.2, -0.15) is 0 Å². The summed E-state index contributed by atoms with van der Waals surface area (Å²) < 4.78 is 17.3. The van der Waals surface area contributed by atoms with E-state index in [1.54, 1.807) is 30.1 Å². The first-order valence-corrected chi connectivity index (χ1v) is 8.33. The number of carbonyl (C=O) groups is 1. The van der Waals surface area contributed by atoms with Crippen molar-refractivity contribution in [3.63, 3.8) is 0 Å². The van der Waals surface area contributed by atoms with Gasteiger partial charge in [-0.15, -0.1) is 5.10 Å². The maximum Gasteiger partial charge on any atom is 0.341 e. The van der Waals surface area contributed by atoms with Crippen LogP contribution in [0.2, 0.25) is 0 Å². The van der Waals surface area contributed by atoms with E-state index < -0.39 is 5.97 Å². The number of ether oxygens (including phenoxy) is 3. The fourth-order valence-electron chi connectivity index (χ4n) is 2.90. The normalized spacial score (nSPS) is 10.6. The van der Waals surface area contributed by atoms with E-state index in [9.17, 15) is 4.79 Å². The van der Waals surface area contributed by atoms with E-state index in [0.717, 1.165) is 33.8 Å². The second kappa shape index (κ2) is 7.49. The topological polar surface area (TPSA) is 75.5 Å². The van der Waals surface area contributed by atoms with Crippen molar-refractivity contribution >= 4 is 5.97 Å². The van der Waals surface area contributed by atoms with Crippen molar-refractivity contribution in [2.24, 2.45) is 0 Å². The van der Waals surface area contributed by atoms with Crippen LogP contribution >= 0.6 is 0 Å². The van der Waals surface area contributed by atoms with Crippen LogP contribution in [0.1, 0.15) is 21.5 Å². The van der Waals surface area contributed by atoms with Gasteiger partial charge in [-0.25, -0.2) is 9.48 Å². The molecule has 0 amide bonds. The van der Waals surface area contributed by atoms with Crippen molar-refractivity contribution in [2.45, 2.75) is 13.8 Å². The minimum atomic E-state index is -0.472. The van der Waals surface area contributed by atoms with Crippen LogP contribution in [0.4, 0.5) is 0 Å². The van der Waals surface area contributed by atoms with Crippen LogP contribution in [0.25, 0.3) is 16.9 Å². The molecule has 0 aliphatic carbocycles. The Morgan fingerprint density at radius 2 is 1.74 bits per heavy atom. The lowest BCUT2D eigenvalue weighted by molar-refractivity contribution is 0.0597. The molecule has 3 aromatic rings. The van der Waals surface area contributed by atoms with Crippen LogP contribution in [0.3, 0.4) is 0 Å². The first-order chi connectivity index (χ1) is 13.0. The number of carbonyl (C=O) groups excluding carboxylic acids is 1. The average molecular weight is 367 g/mol. The molecule has 27 heavy (non-hydrogen) atoms. The van der Waals surface area contributed by atoms with Gasteiger partial charge in [0.1, 0.15) is 17.1 Å². The standard InChI is InChI=1S/C20H21N3O4/c1-12-8-15(10-19(26-4)13(12)2)23-17(11-21-22-23)14-6-7-18(25-3)16(9-14)20(24)27-5/h6-11H,1-5H3. The molecule has 0 saturated heterocycles. The SMILES string of the molecule is COC(=O)c1cc(-c2cnnn2-c2cc(C)c(C)c(OC)c2)ccc1OC. The van der Waals surface area contributed by atoms with Crippen LogP contribution in [0, 0.1) is 13.8 Å². The van der Waals surface area contributed by atoms with Crippen LogP contribution in [-0.2, 0) is 4.74 Å². The predicted octanol–water partition coefficient (Wildman–Crippen LogP) is 3.35. The lowest BCUT2D eigenvalue weighted by atomic mass is 10.1. The zero-order chi connectivity index (χ0) is 19.6. The molecule has 3 rings (SSSR count). The third-order valence-corrected chi connectivity index (χ3v) is 4.52. The first-order valence-electron chi connectivity index (χ1n) is 8.33. The van der Waals surface area contributed by atoms with Crippen molar-refractivity contribution in [2.75, 3.05) is 21.3 Å². The molecule has 1 heterocycles. The maximum absolute atomic E-state index is 12.1. The lowest BCUT2D eigenvalue weighted by Gasteiger charge is -2.13. The van der Waals surface area contributed by atoms with Gasteiger partial charge in [0.25, 0.3) is 0 Å². The third-order valence-electron chi connectivity index (χ3n) is 4.52. The van der Waals surface area contributed by atoms with E-state index in [0.29, 0.717) is 11.3 Å². The molecular formula is C20H21N3O4. The molecule has 1 aromatic heterocycles. The summed E-state index contributed by atoms with van der Waals surface area (Å²) in [6.45, 7) is 4.02. The summed E-state index contributed by atoms with van der Waals surface area (Å²) in [5, 5.41) is 8.25. The van der Waals surface area contributed by atoms with E-state index in [1.165, 1.54) is 14.2 Å². The molecule has 0 aliphatic rings. The predicted molar refractivity (Wildman–Crippen MR) is 101 cm³/mol. The van der Waals surface area contributed by atoms with Crippen molar-refractivity contribution in [1.29, 1.82) is 0 Å². The number of methoxy groups -OCH3 is 3. The Morgan fingerprint density at radius 1 is 1.00 bits per heavy atom. The number of hydrogen-bond acceptors (Lipinski definition) is 6. The molecule has 0 bridgehead atoms. The van der Waals surface area contributed by atoms with Gasteiger partial charge in [0.15, 0.2) is 0 Å². The Balaban J connectivity index is 2.14. The van der Waals surface area contributed by atoms with Gasteiger partial charge in [-0.1, -0.05) is 5.21 Å². The van der Waals surface area contributed by atoms with Gasteiger partial charge in [-0.3, -0.25) is 0 Å². The van der Waals surface area contributed by atoms with Crippen LogP contribution in [0.15, 0.2) is 36.5 Å². The summed E-state index contributed by atoms with van der Waals surface area (Å²) in [7, 11) is 4.48. The van der Waals surface area contributed by atoms with E-state index >= 15 is 0 Å². The van der Waals surface area contributed by atoms with E-state index in [4.69, 9.17) is 14.2 Å². The average Bonchev–Trinajstić information content (AvgIpc) is 3.18. The summed E-state index contributed by atoms with van der Waals surface area (Å²) in [6, 6.07) is 9.20. The molecule has 2 aromatic carbocycles. The summed E-state index contributed by atoms with van der Waals surface area (Å²) in [4.78, 5) is 12.1. The quantitative estimate of drug-likeness (QED) is 0.644. The van der Waals surface area contributed by atoms with Gasteiger partial charge in [-0.05, 0) is 49.2 Å². The van der Waals surface area contributed by atoms with E-state index in [-0.39, 0.29) is 0 Å². The Kier molecular flexibility index (Phi) is 5.12. The second-order valence-corrected chi connectivity index (χ2v) is 6.03. The maximum atomic E-state index is 12.1. The fourth-order valence-corrected chi connectivity index (χ4v) is 2.90. The summed E-state index contributed by atoms with van der Waals surface area (Å²) >= 11 is 0. The highest BCUT2D eigenvalue weighted by Crippen LogP contribution is 2.30. The number of nitrogens with zero attached hydrogens (tertiary/aromatic N) is 3. The lowest BCUT2D eigenvalue weighted by Crippen LogP contribution is -2.06. The van der Waals surface area contributed by atoms with Crippen molar-refractivity contribution in [3.05, 3.63) is 53.2 Å². The molecule has 0 radical (unpaired) electrons. The second-order valence-electron chi connectivity index (χ2n) is 6.03. The minimum Gasteiger partial charge on any atom is -0.496 e. The third kappa shape index (κ3) is 3.36. The Labute approximate surface area is 157 Å². The zero-order valence-corrected chi connectivity index (χ0v) is 15.9. The van der Waals surface area contributed by atoms with Gasteiger partial charge in [0, 0.05) is 11.6 Å². The number of hydrogen-bond donors (Lipinski definition) is 0. The number of aromatic nitrogens is 3. The van der Waals surface area contributed by atoms with Gasteiger partial charge >= 0.3 is 5.97 Å². The smallest absolute Gasteiger partial charge is 0.341 e. The Hall–Kier alpha value is -3.35. The monoisotopic (exact) mass is 367 g/mol. The zero-order valence-electron chi connectivity index (χ0n) is 15.9. The molecule has 0 saturated carbocycles. The van der Waals surface area contributed by atoms with E-state index in [1.807, 2.05) is 32.0 Å². The molecule has 0 spiro atoms. The molecule has 0 atom stereocenters. The highest BCUT2D eigenvalue weighted by Gasteiger charge is 2.17.